The maximum atomic E-state index is 13.8. The molecule has 0 amide bonds. The van der Waals surface area contributed by atoms with Gasteiger partial charge in [0.05, 0.1) is 35.7 Å². The molecule has 19 heavy (non-hydrogen) atoms. The van der Waals surface area contributed by atoms with Crippen LogP contribution in [0.1, 0.15) is 24.2 Å². The Hall–Kier alpha value is -1.82. The maximum Gasteiger partial charge on any atom is 0.338 e. The minimum Gasteiger partial charge on any atom is -0.478 e. The van der Waals surface area contributed by atoms with Crippen molar-refractivity contribution in [2.45, 2.75) is 19.4 Å². The molecule has 0 atom stereocenters. The number of hydrogen-bond acceptors (Lipinski definition) is 4. The summed E-state index contributed by atoms with van der Waals surface area (Å²) in [6.45, 7) is 5.56. The van der Waals surface area contributed by atoms with Gasteiger partial charge in [0.15, 0.2) is 0 Å². The Bertz CT molecular complexity index is 517. The number of benzene rings is 1. The smallest absolute Gasteiger partial charge is 0.338 e. The molecule has 5 nitrogen and oxygen atoms in total. The molecule has 0 unspecified atom stereocenters. The number of rotatable bonds is 2. The predicted molar refractivity (Wildman–Crippen MR) is 70.0 cm³/mol. The van der Waals surface area contributed by atoms with Crippen LogP contribution in [0.5, 0.6) is 0 Å². The van der Waals surface area contributed by atoms with Crippen LogP contribution in [0.25, 0.3) is 0 Å². The average Bonchev–Trinajstić information content (AvgIpc) is 2.31. The molecular formula is C13H17FN2O3. The Labute approximate surface area is 110 Å². The molecule has 1 aliphatic heterocycles. The van der Waals surface area contributed by atoms with Gasteiger partial charge in [0.1, 0.15) is 5.82 Å². The summed E-state index contributed by atoms with van der Waals surface area (Å²) in [5.41, 5.74) is 5.91. The van der Waals surface area contributed by atoms with E-state index < -0.39 is 17.3 Å². The third kappa shape index (κ3) is 2.49. The number of morpholine rings is 1. The first-order valence-corrected chi connectivity index (χ1v) is 6.00. The maximum absolute atomic E-state index is 13.8. The van der Waals surface area contributed by atoms with Gasteiger partial charge in [0, 0.05) is 12.6 Å². The molecule has 0 aliphatic carbocycles. The third-order valence-corrected chi connectivity index (χ3v) is 3.28. The normalized spacial score (nSPS) is 18.4. The van der Waals surface area contributed by atoms with Crippen LogP contribution in [-0.4, -0.2) is 36.4 Å². The van der Waals surface area contributed by atoms with Gasteiger partial charge in [-0.3, -0.25) is 0 Å². The summed E-state index contributed by atoms with van der Waals surface area (Å²) in [5.74, 6) is -2.10. The topological polar surface area (TPSA) is 75.8 Å². The Balaban J connectivity index is 2.45. The standard InChI is InChI=1S/C13H17FN2O3/c1-13(2)7-19-4-3-16(13)11-6-9(14)8(12(17)18)5-10(11)15/h5-6H,3-4,7,15H2,1-2H3,(H,17,18). The fraction of sp³-hybridized carbons (Fsp3) is 0.462. The highest BCUT2D eigenvalue weighted by atomic mass is 19.1. The fourth-order valence-electron chi connectivity index (χ4n) is 2.28. The Morgan fingerprint density at radius 3 is 2.79 bits per heavy atom. The van der Waals surface area contributed by atoms with E-state index in [1.54, 1.807) is 0 Å². The quantitative estimate of drug-likeness (QED) is 0.799. The molecule has 1 aliphatic rings. The van der Waals surface area contributed by atoms with Crippen molar-refractivity contribution in [3.63, 3.8) is 0 Å². The van der Waals surface area contributed by atoms with Crippen molar-refractivity contribution in [1.29, 1.82) is 0 Å². The van der Waals surface area contributed by atoms with E-state index in [9.17, 15) is 9.18 Å². The number of aromatic carboxylic acids is 1. The predicted octanol–water partition coefficient (Wildman–Crippen LogP) is 1.72. The summed E-state index contributed by atoms with van der Waals surface area (Å²) in [7, 11) is 0. The number of anilines is 2. The average molecular weight is 268 g/mol. The van der Waals surface area contributed by atoms with E-state index in [1.165, 1.54) is 12.1 Å². The van der Waals surface area contributed by atoms with Crippen LogP contribution >= 0.6 is 0 Å². The molecule has 2 rings (SSSR count). The number of carboxylic acids is 1. The van der Waals surface area contributed by atoms with Gasteiger partial charge in [-0.1, -0.05) is 0 Å². The van der Waals surface area contributed by atoms with Crippen molar-refractivity contribution in [1.82, 2.24) is 0 Å². The van der Waals surface area contributed by atoms with E-state index in [2.05, 4.69) is 0 Å². The second kappa shape index (κ2) is 4.70. The van der Waals surface area contributed by atoms with E-state index in [-0.39, 0.29) is 11.2 Å². The van der Waals surface area contributed by atoms with Gasteiger partial charge < -0.3 is 20.5 Å². The summed E-state index contributed by atoms with van der Waals surface area (Å²) in [6, 6.07) is 2.35. The number of hydrogen-bond donors (Lipinski definition) is 2. The molecule has 0 bridgehead atoms. The number of nitrogen functional groups attached to an aromatic ring is 1. The minimum atomic E-state index is -1.32. The first-order chi connectivity index (χ1) is 8.83. The van der Waals surface area contributed by atoms with Crippen molar-refractivity contribution >= 4 is 17.3 Å². The number of nitrogens with two attached hydrogens (primary N) is 1. The van der Waals surface area contributed by atoms with Gasteiger partial charge in [0.2, 0.25) is 0 Å². The zero-order valence-corrected chi connectivity index (χ0v) is 10.9. The van der Waals surface area contributed by atoms with Gasteiger partial charge in [-0.05, 0) is 19.9 Å². The summed E-state index contributed by atoms with van der Waals surface area (Å²) in [4.78, 5) is 12.8. The van der Waals surface area contributed by atoms with Crippen LogP contribution in [0, 0.1) is 5.82 Å². The van der Waals surface area contributed by atoms with E-state index in [4.69, 9.17) is 15.6 Å². The molecule has 0 aromatic heterocycles. The molecule has 1 aromatic rings. The highest BCUT2D eigenvalue weighted by Crippen LogP contribution is 2.33. The summed E-state index contributed by atoms with van der Waals surface area (Å²) in [5, 5.41) is 8.86. The van der Waals surface area contributed by atoms with Crippen LogP contribution in [0.15, 0.2) is 12.1 Å². The Morgan fingerprint density at radius 1 is 1.53 bits per heavy atom. The van der Waals surface area contributed by atoms with Crippen LogP contribution in [0.3, 0.4) is 0 Å². The van der Waals surface area contributed by atoms with E-state index in [1.807, 2.05) is 18.7 Å². The Morgan fingerprint density at radius 2 is 2.21 bits per heavy atom. The molecule has 0 radical (unpaired) electrons. The monoisotopic (exact) mass is 268 g/mol. The fourth-order valence-corrected chi connectivity index (χ4v) is 2.28. The van der Waals surface area contributed by atoms with E-state index in [0.29, 0.717) is 25.4 Å². The van der Waals surface area contributed by atoms with Crippen molar-refractivity contribution in [3.8, 4) is 0 Å². The highest BCUT2D eigenvalue weighted by Gasteiger charge is 2.32. The molecule has 1 saturated heterocycles. The molecule has 104 valence electrons. The number of carbonyl (C=O) groups is 1. The van der Waals surface area contributed by atoms with Gasteiger partial charge in [-0.25, -0.2) is 9.18 Å². The lowest BCUT2D eigenvalue weighted by atomic mass is 10.00. The number of carboxylic acid groups (broad SMARTS) is 1. The molecular weight excluding hydrogens is 251 g/mol. The SMILES string of the molecule is CC1(C)COCCN1c1cc(F)c(C(=O)O)cc1N. The largest absolute Gasteiger partial charge is 0.478 e. The minimum absolute atomic E-state index is 0.258. The lowest BCUT2D eigenvalue weighted by Crippen LogP contribution is -2.53. The number of ether oxygens (including phenoxy) is 1. The molecule has 3 N–H and O–H groups in total. The van der Waals surface area contributed by atoms with Gasteiger partial charge in [-0.2, -0.15) is 0 Å². The summed E-state index contributed by atoms with van der Waals surface area (Å²) >= 11 is 0. The molecule has 0 spiro atoms. The van der Waals surface area contributed by atoms with Crippen molar-refractivity contribution < 1.29 is 19.0 Å². The Kier molecular flexibility index (Phi) is 3.36. The van der Waals surface area contributed by atoms with Crippen molar-refractivity contribution in [3.05, 3.63) is 23.5 Å². The first kappa shape index (κ1) is 13.6. The first-order valence-electron chi connectivity index (χ1n) is 6.00. The van der Waals surface area contributed by atoms with Crippen molar-refractivity contribution in [2.75, 3.05) is 30.4 Å². The van der Waals surface area contributed by atoms with Gasteiger partial charge in [0.25, 0.3) is 0 Å². The van der Waals surface area contributed by atoms with Crippen LogP contribution in [-0.2, 0) is 4.74 Å². The van der Waals surface area contributed by atoms with Crippen LogP contribution < -0.4 is 10.6 Å². The number of nitrogens with zero attached hydrogens (tertiary/aromatic N) is 1. The van der Waals surface area contributed by atoms with Crippen LogP contribution in [0.2, 0.25) is 0 Å². The summed E-state index contributed by atoms with van der Waals surface area (Å²) in [6.07, 6.45) is 0. The lowest BCUT2D eigenvalue weighted by molar-refractivity contribution is 0.0644. The molecule has 1 heterocycles. The zero-order valence-electron chi connectivity index (χ0n) is 10.9. The zero-order chi connectivity index (χ0) is 14.2. The van der Waals surface area contributed by atoms with Crippen LogP contribution in [0.4, 0.5) is 15.8 Å². The summed E-state index contributed by atoms with van der Waals surface area (Å²) < 4.78 is 19.2. The van der Waals surface area contributed by atoms with E-state index >= 15 is 0 Å². The third-order valence-electron chi connectivity index (χ3n) is 3.28. The van der Waals surface area contributed by atoms with Gasteiger partial charge in [-0.15, -0.1) is 0 Å². The second-order valence-corrected chi connectivity index (χ2v) is 5.21. The van der Waals surface area contributed by atoms with Gasteiger partial charge >= 0.3 is 5.97 Å². The molecule has 0 saturated carbocycles. The van der Waals surface area contributed by atoms with Crippen molar-refractivity contribution in [2.24, 2.45) is 0 Å². The number of halogens is 1. The molecule has 1 aromatic carbocycles. The highest BCUT2D eigenvalue weighted by molar-refractivity contribution is 5.91. The lowest BCUT2D eigenvalue weighted by Gasteiger charge is -2.44. The molecule has 6 heteroatoms. The molecule has 1 fully saturated rings. The van der Waals surface area contributed by atoms with E-state index in [0.717, 1.165) is 0 Å². The second-order valence-electron chi connectivity index (χ2n) is 5.21.